The topological polar surface area (TPSA) is 177 Å². The number of guanidine groups is 1. The van der Waals surface area contributed by atoms with Gasteiger partial charge in [0.05, 0.1) is 29.6 Å². The number of aromatic hydroxyl groups is 1. The van der Waals surface area contributed by atoms with Crippen LogP contribution in [0.5, 0.6) is 5.95 Å². The molecule has 0 aliphatic heterocycles. The number of nitrogens with two attached hydrogens (primary N) is 2. The van der Waals surface area contributed by atoms with E-state index in [1.807, 2.05) is 19.9 Å². The summed E-state index contributed by atoms with van der Waals surface area (Å²) >= 11 is 20.6. The normalized spacial score (nSPS) is 11.4. The Bertz CT molecular complexity index is 966. The molecule has 2 rings (SSSR count). The van der Waals surface area contributed by atoms with Gasteiger partial charge in [0, 0.05) is 22.5 Å². The fraction of sp³-hybridized carbons (Fsp3) is 0.429. The van der Waals surface area contributed by atoms with Crippen molar-refractivity contribution in [3.05, 3.63) is 46.6 Å². The molecule has 0 fully saturated rings. The van der Waals surface area contributed by atoms with Crippen molar-refractivity contribution >= 4 is 75.8 Å². The summed E-state index contributed by atoms with van der Waals surface area (Å²) < 4.78 is 15.5. The first kappa shape index (κ1) is 35.9. The van der Waals surface area contributed by atoms with E-state index in [-0.39, 0.29) is 11.9 Å². The van der Waals surface area contributed by atoms with Gasteiger partial charge in [-0.2, -0.15) is 0 Å². The molecule has 1 aromatic carbocycles. The molecular formula is C21H33Cl2N4O6PS3. The van der Waals surface area contributed by atoms with Gasteiger partial charge in [0.25, 0.3) is 5.95 Å². The number of hydrogen-bond acceptors (Lipinski definition) is 10. The first-order valence-corrected chi connectivity index (χ1v) is 16.8. The second-order valence-corrected chi connectivity index (χ2v) is 15.2. The summed E-state index contributed by atoms with van der Waals surface area (Å²) in [5.74, 6) is -1.15. The van der Waals surface area contributed by atoms with Gasteiger partial charge in [-0.05, 0) is 62.8 Å². The van der Waals surface area contributed by atoms with E-state index in [2.05, 4.69) is 9.73 Å². The zero-order valence-corrected chi connectivity index (χ0v) is 25.2. The molecule has 8 N–H and O–H groups in total. The summed E-state index contributed by atoms with van der Waals surface area (Å²) in [6, 6.07) is 7.68. The fourth-order valence-corrected chi connectivity index (χ4v) is 9.64. The third-order valence-electron chi connectivity index (χ3n) is 3.72. The van der Waals surface area contributed by atoms with Crippen molar-refractivity contribution in [1.82, 2.24) is 5.32 Å². The summed E-state index contributed by atoms with van der Waals surface area (Å²) in [5.41, 5.74) is 7.98. The summed E-state index contributed by atoms with van der Waals surface area (Å²) in [5, 5.41) is 28.1. The van der Waals surface area contributed by atoms with E-state index >= 15 is 0 Å². The van der Waals surface area contributed by atoms with Crippen molar-refractivity contribution < 1.29 is 28.5 Å². The minimum Gasteiger partial charge on any atom is -0.481 e. The van der Waals surface area contributed by atoms with Gasteiger partial charge in [0.1, 0.15) is 6.04 Å². The Labute approximate surface area is 240 Å². The lowest BCUT2D eigenvalue weighted by molar-refractivity contribution is -0.138. The zero-order chi connectivity index (χ0) is 28.3. The number of halogens is 2. The van der Waals surface area contributed by atoms with Crippen molar-refractivity contribution in [1.29, 1.82) is 5.41 Å². The van der Waals surface area contributed by atoms with E-state index in [0.29, 0.717) is 42.6 Å². The Balaban J connectivity index is 0.000000608. The molecule has 0 saturated carbocycles. The maximum absolute atomic E-state index is 10.2. The van der Waals surface area contributed by atoms with Crippen molar-refractivity contribution in [3.63, 3.8) is 0 Å². The smallest absolute Gasteiger partial charge is 0.320 e. The summed E-state index contributed by atoms with van der Waals surface area (Å²) in [7, 11) is 0. The molecule has 0 amide bonds. The number of benzene rings is 1. The van der Waals surface area contributed by atoms with Crippen LogP contribution < -0.4 is 16.8 Å². The monoisotopic (exact) mass is 634 g/mol. The molecule has 1 unspecified atom stereocenters. The van der Waals surface area contributed by atoms with E-state index < -0.39 is 17.7 Å². The van der Waals surface area contributed by atoms with Crippen molar-refractivity contribution in [3.8, 4) is 5.95 Å². The lowest BCUT2D eigenvalue weighted by Gasteiger charge is -2.19. The molecule has 1 atom stereocenters. The molecule has 1 heterocycles. The maximum atomic E-state index is 10.2. The number of carboxylic acids is 1. The second-order valence-electron chi connectivity index (χ2n) is 6.63. The van der Waals surface area contributed by atoms with Crippen LogP contribution in [0.1, 0.15) is 26.7 Å². The highest BCUT2D eigenvalue weighted by Gasteiger charge is 2.19. The van der Waals surface area contributed by atoms with Crippen LogP contribution in [0.25, 0.3) is 0 Å². The van der Waals surface area contributed by atoms with E-state index in [4.69, 9.17) is 71.1 Å². The Kier molecular flexibility index (Phi) is 20.1. The van der Waals surface area contributed by atoms with E-state index in [1.54, 1.807) is 30.0 Å². The van der Waals surface area contributed by atoms with Crippen molar-refractivity contribution in [2.24, 2.45) is 11.5 Å². The summed E-state index contributed by atoms with van der Waals surface area (Å²) in [6.45, 7) is 5.44. The molecule has 2 aromatic rings. The number of thioether (sulfide) groups is 1. The first-order chi connectivity index (χ1) is 17.4. The van der Waals surface area contributed by atoms with Gasteiger partial charge in [-0.25, -0.2) is 0 Å². The highest BCUT2D eigenvalue weighted by Crippen LogP contribution is 2.62. The quantitative estimate of drug-likeness (QED) is 0.0395. The molecule has 16 heteroatoms. The third kappa shape index (κ3) is 18.7. The number of carboxylic acid groups (broad SMARTS) is 1. The first-order valence-electron chi connectivity index (χ1n) is 10.8. The van der Waals surface area contributed by atoms with Gasteiger partial charge < -0.3 is 40.5 Å². The van der Waals surface area contributed by atoms with Gasteiger partial charge in [-0.3, -0.25) is 10.2 Å². The number of rotatable bonds is 13. The van der Waals surface area contributed by atoms with Crippen LogP contribution in [0.3, 0.4) is 0 Å². The van der Waals surface area contributed by atoms with Crippen LogP contribution in [0.15, 0.2) is 45.9 Å². The Morgan fingerprint density at radius 1 is 1.30 bits per heavy atom. The number of hydrogen-bond donors (Lipinski definition) is 6. The SMILES string of the molecule is CCOP(=S)(OCC)SCSc1cc(Cl)ccc1Cl.N=C(N)NCCCC(N)C(=O)O.Oc1ccco1. The standard InChI is InChI=1S/C11H15Cl2O2PS3.C6H14N4O2.C4H4O2/c1-3-14-16(17,15-4-2)19-8-18-11-7-9(12)5-6-10(11)13;7-4(5(11)12)2-1-3-10-6(8)9;5-4-2-1-3-6-4/h5-7H,3-4,8H2,1-2H3;4H,1-3,7H2,(H,11,12)(H4,8,9,10);1-3,5H. The highest BCUT2D eigenvalue weighted by molar-refractivity contribution is 8.69. The molecule has 0 aliphatic carbocycles. The highest BCUT2D eigenvalue weighted by atomic mass is 35.5. The number of furan rings is 1. The Hall–Kier alpha value is -1.15. The van der Waals surface area contributed by atoms with E-state index in [1.165, 1.54) is 23.7 Å². The molecular weight excluding hydrogens is 602 g/mol. The van der Waals surface area contributed by atoms with Crippen molar-refractivity contribution in [2.75, 3.05) is 24.8 Å². The Morgan fingerprint density at radius 2 is 1.95 bits per heavy atom. The van der Waals surface area contributed by atoms with Crippen LogP contribution in [-0.4, -0.2) is 53.0 Å². The lowest BCUT2D eigenvalue weighted by Crippen LogP contribution is -2.34. The number of aliphatic carboxylic acids is 1. The summed E-state index contributed by atoms with van der Waals surface area (Å²) in [4.78, 5) is 11.2. The summed E-state index contributed by atoms with van der Waals surface area (Å²) in [6.07, 6.45) is 2.39. The van der Waals surface area contributed by atoms with Crippen LogP contribution in [-0.2, 0) is 25.6 Å². The van der Waals surface area contributed by atoms with Gasteiger partial charge >= 0.3 is 5.97 Å². The Morgan fingerprint density at radius 3 is 2.41 bits per heavy atom. The predicted molar refractivity (Wildman–Crippen MR) is 157 cm³/mol. The minimum absolute atomic E-state index is 0.0324. The molecule has 10 nitrogen and oxygen atoms in total. The second kappa shape index (κ2) is 20.8. The molecule has 1 aromatic heterocycles. The van der Waals surface area contributed by atoms with Gasteiger partial charge in [-0.15, -0.1) is 11.8 Å². The lowest BCUT2D eigenvalue weighted by atomic mass is 10.2. The van der Waals surface area contributed by atoms with Gasteiger partial charge in [-0.1, -0.05) is 34.6 Å². The molecule has 0 radical (unpaired) electrons. The number of nitrogens with one attached hydrogen (secondary N) is 2. The molecule has 37 heavy (non-hydrogen) atoms. The van der Waals surface area contributed by atoms with Gasteiger partial charge in [0.15, 0.2) is 5.96 Å². The van der Waals surface area contributed by atoms with E-state index in [0.717, 1.165) is 9.98 Å². The molecule has 0 saturated heterocycles. The fourth-order valence-electron chi connectivity index (χ4n) is 2.11. The number of carbonyl (C=O) groups is 1. The predicted octanol–water partition coefficient (Wildman–Crippen LogP) is 5.72. The molecule has 0 aliphatic rings. The maximum Gasteiger partial charge on any atom is 0.320 e. The minimum atomic E-state index is -2.23. The van der Waals surface area contributed by atoms with E-state index in [9.17, 15) is 4.79 Å². The zero-order valence-electron chi connectivity index (χ0n) is 20.4. The van der Waals surface area contributed by atoms with Gasteiger partial charge in [0.2, 0.25) is 5.69 Å². The third-order valence-corrected chi connectivity index (χ3v) is 11.5. The molecule has 210 valence electrons. The molecule has 0 spiro atoms. The van der Waals surface area contributed by atoms with Crippen LogP contribution in [0.2, 0.25) is 10.0 Å². The van der Waals surface area contributed by atoms with Crippen LogP contribution >= 0.6 is 52.0 Å². The largest absolute Gasteiger partial charge is 0.481 e. The average Bonchev–Trinajstić information content (AvgIpc) is 3.30. The molecule has 0 bridgehead atoms. The van der Waals surface area contributed by atoms with Crippen molar-refractivity contribution in [2.45, 2.75) is 37.6 Å². The van der Waals surface area contributed by atoms with Crippen LogP contribution in [0.4, 0.5) is 0 Å². The average molecular weight is 636 g/mol. The van der Waals surface area contributed by atoms with Crippen LogP contribution in [0, 0.1) is 5.41 Å².